The lowest BCUT2D eigenvalue weighted by Gasteiger charge is -2.54. The maximum absolute atomic E-state index is 5.56. The van der Waals surface area contributed by atoms with Crippen LogP contribution in [0.15, 0.2) is 29.8 Å². The minimum absolute atomic E-state index is 0.366. The van der Waals surface area contributed by atoms with Crippen LogP contribution in [-0.2, 0) is 11.8 Å². The van der Waals surface area contributed by atoms with E-state index in [1.165, 1.54) is 57.8 Å². The van der Waals surface area contributed by atoms with E-state index in [1.54, 1.807) is 18.2 Å². The Morgan fingerprint density at radius 1 is 1.17 bits per heavy atom. The molecule has 5 rings (SSSR count). The lowest BCUT2D eigenvalue weighted by atomic mass is 9.50. The van der Waals surface area contributed by atoms with E-state index in [4.69, 9.17) is 4.74 Å². The fourth-order valence-electron chi connectivity index (χ4n) is 5.97. The second-order valence-electron chi connectivity index (χ2n) is 8.45. The van der Waals surface area contributed by atoms with Gasteiger partial charge < -0.3 is 4.74 Å². The SMILES string of the molecule is COc1ccc2c(c1)[C@@]13CCCC=C1[C@@H](C2)C(CC1CC1)CC3. The van der Waals surface area contributed by atoms with Gasteiger partial charge in [-0.05, 0) is 86.0 Å². The molecular weight excluding hydrogens is 280 g/mol. The average Bonchev–Trinajstić information content (AvgIpc) is 3.41. The zero-order valence-electron chi connectivity index (χ0n) is 14.3. The molecule has 0 aromatic heterocycles. The summed E-state index contributed by atoms with van der Waals surface area (Å²) in [7, 11) is 1.80. The number of ether oxygens (including phenoxy) is 1. The second kappa shape index (κ2) is 5.13. The van der Waals surface area contributed by atoms with Crippen molar-refractivity contribution in [2.24, 2.45) is 17.8 Å². The van der Waals surface area contributed by atoms with Crippen LogP contribution in [0.25, 0.3) is 0 Å². The quantitative estimate of drug-likeness (QED) is 0.677. The molecule has 1 aromatic carbocycles. The van der Waals surface area contributed by atoms with E-state index >= 15 is 0 Å². The summed E-state index contributed by atoms with van der Waals surface area (Å²) >= 11 is 0. The molecule has 1 aromatic rings. The largest absolute Gasteiger partial charge is 0.497 e. The highest BCUT2D eigenvalue weighted by Crippen LogP contribution is 2.60. The van der Waals surface area contributed by atoms with Crippen LogP contribution < -0.4 is 4.74 Å². The van der Waals surface area contributed by atoms with Crippen molar-refractivity contribution in [2.75, 3.05) is 7.11 Å². The molecule has 1 heteroatoms. The summed E-state index contributed by atoms with van der Waals surface area (Å²) < 4.78 is 5.56. The predicted molar refractivity (Wildman–Crippen MR) is 93.9 cm³/mol. The summed E-state index contributed by atoms with van der Waals surface area (Å²) in [5, 5.41) is 0. The van der Waals surface area contributed by atoms with Crippen LogP contribution in [0, 0.1) is 17.8 Å². The van der Waals surface area contributed by atoms with Crippen molar-refractivity contribution in [3.63, 3.8) is 0 Å². The van der Waals surface area contributed by atoms with Gasteiger partial charge in [0.25, 0.3) is 0 Å². The van der Waals surface area contributed by atoms with Gasteiger partial charge in [-0.3, -0.25) is 0 Å². The number of hydrogen-bond acceptors (Lipinski definition) is 1. The van der Waals surface area contributed by atoms with Crippen molar-refractivity contribution >= 4 is 0 Å². The van der Waals surface area contributed by atoms with Gasteiger partial charge in [-0.2, -0.15) is 0 Å². The summed E-state index contributed by atoms with van der Waals surface area (Å²) in [6, 6.07) is 6.92. The van der Waals surface area contributed by atoms with E-state index in [9.17, 15) is 0 Å². The monoisotopic (exact) mass is 308 g/mol. The molecule has 0 spiro atoms. The molecule has 3 atom stereocenters. The minimum atomic E-state index is 0.366. The van der Waals surface area contributed by atoms with Crippen molar-refractivity contribution in [1.29, 1.82) is 0 Å². The Morgan fingerprint density at radius 2 is 2.09 bits per heavy atom. The Kier molecular flexibility index (Phi) is 3.15. The molecule has 0 radical (unpaired) electrons. The Bertz CT molecular complexity index is 654. The highest BCUT2D eigenvalue weighted by atomic mass is 16.5. The molecule has 4 aliphatic rings. The number of methoxy groups -OCH3 is 1. The van der Waals surface area contributed by atoms with Gasteiger partial charge in [0, 0.05) is 5.41 Å². The molecule has 2 bridgehead atoms. The molecule has 2 fully saturated rings. The molecule has 0 heterocycles. The fourth-order valence-corrected chi connectivity index (χ4v) is 5.97. The molecule has 4 aliphatic carbocycles. The highest BCUT2D eigenvalue weighted by Gasteiger charge is 2.51. The minimum Gasteiger partial charge on any atom is -0.497 e. The number of benzene rings is 1. The van der Waals surface area contributed by atoms with Gasteiger partial charge in [0.1, 0.15) is 5.75 Å². The van der Waals surface area contributed by atoms with Crippen LogP contribution in [0.4, 0.5) is 0 Å². The molecule has 2 saturated carbocycles. The summed E-state index contributed by atoms with van der Waals surface area (Å²) in [6.45, 7) is 0. The molecular formula is C22H28O. The normalized spacial score (nSPS) is 35.1. The van der Waals surface area contributed by atoms with Gasteiger partial charge in [-0.25, -0.2) is 0 Å². The van der Waals surface area contributed by atoms with E-state index in [1.807, 2.05) is 5.57 Å². The molecule has 0 saturated heterocycles. The van der Waals surface area contributed by atoms with Gasteiger partial charge in [0.15, 0.2) is 0 Å². The van der Waals surface area contributed by atoms with Crippen LogP contribution in [0.2, 0.25) is 0 Å². The summed E-state index contributed by atoms with van der Waals surface area (Å²) in [5.41, 5.74) is 5.44. The number of hydrogen-bond donors (Lipinski definition) is 0. The molecule has 23 heavy (non-hydrogen) atoms. The standard InChI is InChI=1S/C22H28O/c1-23-18-8-7-17-13-19-16(12-15-5-6-15)9-11-22(21(17)14-18)10-3-2-4-20(19)22/h4,7-8,14-16,19H,2-3,5-6,9-13H2,1H3/t16?,19-,22+/m0/s1. The molecule has 1 nitrogen and oxygen atoms in total. The van der Waals surface area contributed by atoms with Gasteiger partial charge in [-0.15, -0.1) is 0 Å². The van der Waals surface area contributed by atoms with Crippen LogP contribution >= 0.6 is 0 Å². The third kappa shape index (κ3) is 2.12. The van der Waals surface area contributed by atoms with Crippen molar-refractivity contribution in [1.82, 2.24) is 0 Å². The van der Waals surface area contributed by atoms with Crippen LogP contribution in [0.5, 0.6) is 5.75 Å². The van der Waals surface area contributed by atoms with Crippen LogP contribution in [0.1, 0.15) is 62.5 Å². The predicted octanol–water partition coefficient (Wildman–Crippen LogP) is 5.43. The molecule has 0 N–H and O–H groups in total. The Hall–Kier alpha value is -1.24. The maximum atomic E-state index is 5.56. The van der Waals surface area contributed by atoms with Crippen LogP contribution in [0.3, 0.4) is 0 Å². The first kappa shape index (κ1) is 14.1. The number of rotatable bonds is 3. The zero-order chi connectivity index (χ0) is 15.4. The van der Waals surface area contributed by atoms with Crippen molar-refractivity contribution < 1.29 is 4.74 Å². The van der Waals surface area contributed by atoms with Gasteiger partial charge in [0.2, 0.25) is 0 Å². The Morgan fingerprint density at radius 3 is 2.91 bits per heavy atom. The number of allylic oxidation sites excluding steroid dienone is 2. The first-order valence-electron chi connectivity index (χ1n) is 9.68. The lowest BCUT2D eigenvalue weighted by molar-refractivity contribution is 0.177. The second-order valence-corrected chi connectivity index (χ2v) is 8.45. The zero-order valence-corrected chi connectivity index (χ0v) is 14.3. The molecule has 122 valence electrons. The van der Waals surface area contributed by atoms with Crippen molar-refractivity contribution in [3.05, 3.63) is 41.0 Å². The molecule has 1 unspecified atom stereocenters. The van der Waals surface area contributed by atoms with E-state index in [2.05, 4.69) is 24.3 Å². The fraction of sp³-hybridized carbons (Fsp3) is 0.636. The summed E-state index contributed by atoms with van der Waals surface area (Å²) in [5.74, 6) is 3.90. The third-order valence-corrected chi connectivity index (χ3v) is 7.24. The van der Waals surface area contributed by atoms with Gasteiger partial charge >= 0.3 is 0 Å². The third-order valence-electron chi connectivity index (χ3n) is 7.24. The first-order valence-corrected chi connectivity index (χ1v) is 9.68. The van der Waals surface area contributed by atoms with Crippen molar-refractivity contribution in [3.8, 4) is 5.75 Å². The van der Waals surface area contributed by atoms with E-state index in [-0.39, 0.29) is 0 Å². The van der Waals surface area contributed by atoms with E-state index < -0.39 is 0 Å². The molecule has 0 aliphatic heterocycles. The average molecular weight is 308 g/mol. The van der Waals surface area contributed by atoms with Gasteiger partial charge in [-0.1, -0.05) is 30.6 Å². The van der Waals surface area contributed by atoms with Gasteiger partial charge in [0.05, 0.1) is 7.11 Å². The summed E-state index contributed by atoms with van der Waals surface area (Å²) in [6.07, 6.45) is 15.3. The van der Waals surface area contributed by atoms with Crippen LogP contribution in [-0.4, -0.2) is 7.11 Å². The smallest absolute Gasteiger partial charge is 0.119 e. The maximum Gasteiger partial charge on any atom is 0.119 e. The van der Waals surface area contributed by atoms with E-state index in [0.29, 0.717) is 5.41 Å². The topological polar surface area (TPSA) is 9.23 Å². The Labute approximate surface area is 140 Å². The first-order chi connectivity index (χ1) is 11.3. The summed E-state index contributed by atoms with van der Waals surface area (Å²) in [4.78, 5) is 0. The number of fused-ring (bicyclic) bond motifs is 1. The highest BCUT2D eigenvalue weighted by molar-refractivity contribution is 5.52. The molecule has 0 amide bonds. The lowest BCUT2D eigenvalue weighted by Crippen LogP contribution is -2.46. The van der Waals surface area contributed by atoms with E-state index in [0.717, 1.165) is 23.5 Å². The Balaban J connectivity index is 1.61. The van der Waals surface area contributed by atoms with Crippen molar-refractivity contribution in [2.45, 2.75) is 63.2 Å².